The summed E-state index contributed by atoms with van der Waals surface area (Å²) in [5.74, 6) is -5.49. The number of aliphatic imine (C=N–C) groups is 1. The quantitative estimate of drug-likeness (QED) is 0.242. The van der Waals surface area contributed by atoms with Crippen molar-refractivity contribution in [1.82, 2.24) is 14.3 Å². The summed E-state index contributed by atoms with van der Waals surface area (Å²) in [7, 11) is 0. The van der Waals surface area contributed by atoms with Crippen LogP contribution in [0.5, 0.6) is 0 Å². The number of Topliss-reactive ketones (excluding diaryl/α,β-unsaturated/α-hetero) is 1. The summed E-state index contributed by atoms with van der Waals surface area (Å²) in [6.07, 6.45) is 4.96. The lowest BCUT2D eigenvalue weighted by molar-refractivity contribution is -0.0867. The molecule has 9 heteroatoms. The first-order valence-corrected chi connectivity index (χ1v) is 12.4. The highest BCUT2D eigenvalue weighted by Gasteiger charge is 2.41. The molecule has 1 saturated heterocycles. The molecule has 0 unspecified atom stereocenters. The Morgan fingerprint density at radius 1 is 1.08 bits per heavy atom. The summed E-state index contributed by atoms with van der Waals surface area (Å²) in [5.41, 5.74) is 4.50. The molecule has 0 saturated carbocycles. The Hall–Kier alpha value is -3.85. The van der Waals surface area contributed by atoms with E-state index < -0.39 is 36.4 Å². The molecular formula is C29H24F4N4O. The van der Waals surface area contributed by atoms with E-state index in [-0.39, 0.29) is 30.9 Å². The fraction of sp³-hybridized carbons (Fsp3) is 0.276. The molecule has 1 fully saturated rings. The van der Waals surface area contributed by atoms with Gasteiger partial charge in [0.2, 0.25) is 0 Å². The molecule has 0 spiro atoms. The largest absolute Gasteiger partial charge is 0.306 e. The molecule has 2 aromatic heterocycles. The van der Waals surface area contributed by atoms with Crippen molar-refractivity contribution in [2.45, 2.75) is 31.9 Å². The second-order valence-corrected chi connectivity index (χ2v) is 10.1. The topological polar surface area (TPSA) is 50.0 Å². The van der Waals surface area contributed by atoms with Gasteiger partial charge in [0, 0.05) is 66.8 Å². The number of alkyl halides is 2. The third-order valence-corrected chi connectivity index (χ3v) is 7.23. The van der Waals surface area contributed by atoms with Crippen molar-refractivity contribution in [3.8, 4) is 0 Å². The van der Waals surface area contributed by atoms with E-state index in [2.05, 4.69) is 9.98 Å². The normalized spacial score (nSPS) is 18.9. The SMILES string of the molecule is O=C(C[C@H]1CN(Cc2c(F)cccc2F)CC(F)(F)C1)c1ccc2c(c1)C(c1ccc3nccn3c1)=NC2. The molecule has 0 bridgehead atoms. The minimum Gasteiger partial charge on any atom is -0.306 e. The van der Waals surface area contributed by atoms with Gasteiger partial charge in [0.15, 0.2) is 5.78 Å². The summed E-state index contributed by atoms with van der Waals surface area (Å²) in [6.45, 7) is -0.237. The average Bonchev–Trinajstić information content (AvgIpc) is 3.51. The second-order valence-electron chi connectivity index (χ2n) is 10.1. The molecule has 2 aliphatic rings. The second kappa shape index (κ2) is 9.47. The van der Waals surface area contributed by atoms with Gasteiger partial charge < -0.3 is 4.40 Å². The number of hydrogen-bond acceptors (Lipinski definition) is 4. The number of fused-ring (bicyclic) bond motifs is 2. The van der Waals surface area contributed by atoms with Crippen molar-refractivity contribution in [3.05, 3.63) is 107 Å². The van der Waals surface area contributed by atoms with E-state index in [4.69, 9.17) is 0 Å². The summed E-state index contributed by atoms with van der Waals surface area (Å²) in [6, 6.07) is 12.7. The van der Waals surface area contributed by atoms with Gasteiger partial charge in [0.1, 0.15) is 17.3 Å². The van der Waals surface area contributed by atoms with E-state index in [0.29, 0.717) is 12.1 Å². The smallest absolute Gasteiger partial charge is 0.260 e. The van der Waals surface area contributed by atoms with E-state index in [0.717, 1.165) is 40.2 Å². The molecule has 0 aliphatic carbocycles. The van der Waals surface area contributed by atoms with Gasteiger partial charge in [-0.15, -0.1) is 0 Å². The zero-order valence-electron chi connectivity index (χ0n) is 20.4. The van der Waals surface area contributed by atoms with Crippen molar-refractivity contribution in [2.75, 3.05) is 13.1 Å². The zero-order valence-corrected chi connectivity index (χ0v) is 20.4. The minimum atomic E-state index is -3.06. The Bertz CT molecular complexity index is 1560. The molecule has 0 N–H and O–H groups in total. The van der Waals surface area contributed by atoms with Crippen molar-refractivity contribution in [3.63, 3.8) is 0 Å². The van der Waals surface area contributed by atoms with Crippen molar-refractivity contribution in [2.24, 2.45) is 10.9 Å². The van der Waals surface area contributed by atoms with Gasteiger partial charge in [0.25, 0.3) is 5.92 Å². The van der Waals surface area contributed by atoms with Gasteiger partial charge in [-0.1, -0.05) is 18.2 Å². The number of halogens is 4. The number of hydrogen-bond donors (Lipinski definition) is 0. The molecule has 1 atom stereocenters. The van der Waals surface area contributed by atoms with Crippen molar-refractivity contribution < 1.29 is 22.4 Å². The van der Waals surface area contributed by atoms with Crippen LogP contribution in [-0.2, 0) is 13.1 Å². The third-order valence-electron chi connectivity index (χ3n) is 7.23. The van der Waals surface area contributed by atoms with Crippen LogP contribution in [0.1, 0.15) is 45.5 Å². The number of ketones is 1. The number of aromatic nitrogens is 2. The molecule has 2 aromatic carbocycles. The Labute approximate surface area is 216 Å². The summed E-state index contributed by atoms with van der Waals surface area (Å²) >= 11 is 0. The van der Waals surface area contributed by atoms with Gasteiger partial charge >= 0.3 is 0 Å². The lowest BCUT2D eigenvalue weighted by Crippen LogP contribution is -2.47. The monoisotopic (exact) mass is 520 g/mol. The first kappa shape index (κ1) is 24.5. The highest BCUT2D eigenvalue weighted by molar-refractivity contribution is 6.16. The van der Waals surface area contributed by atoms with Crippen LogP contribution in [0, 0.1) is 17.6 Å². The maximum atomic E-state index is 14.6. The van der Waals surface area contributed by atoms with Crippen LogP contribution in [0.25, 0.3) is 5.65 Å². The number of pyridine rings is 1. The van der Waals surface area contributed by atoms with Crippen LogP contribution in [-0.4, -0.2) is 44.8 Å². The van der Waals surface area contributed by atoms with Gasteiger partial charge in [-0.3, -0.25) is 14.7 Å². The maximum absolute atomic E-state index is 14.6. The first-order valence-electron chi connectivity index (χ1n) is 12.4. The van der Waals surface area contributed by atoms with E-state index in [1.54, 1.807) is 18.3 Å². The molecule has 0 amide bonds. The Balaban J connectivity index is 1.20. The number of imidazole rings is 1. The fourth-order valence-corrected chi connectivity index (χ4v) is 5.52. The predicted octanol–water partition coefficient (Wildman–Crippen LogP) is 5.69. The molecule has 2 aliphatic heterocycles. The molecule has 4 aromatic rings. The van der Waals surface area contributed by atoms with Crippen LogP contribution in [0.3, 0.4) is 0 Å². The van der Waals surface area contributed by atoms with E-state index in [1.807, 2.05) is 35.0 Å². The number of piperidine rings is 1. The molecule has 5 nitrogen and oxygen atoms in total. The van der Waals surface area contributed by atoms with Gasteiger partial charge in [-0.05, 0) is 41.8 Å². The minimum absolute atomic E-state index is 0.0852. The Morgan fingerprint density at radius 2 is 1.89 bits per heavy atom. The van der Waals surface area contributed by atoms with Crippen LogP contribution in [0.15, 0.2) is 72.1 Å². The number of benzene rings is 2. The lowest BCUT2D eigenvalue weighted by atomic mass is 9.88. The molecule has 4 heterocycles. The first-order chi connectivity index (χ1) is 18.3. The highest BCUT2D eigenvalue weighted by atomic mass is 19.3. The van der Waals surface area contributed by atoms with E-state index in [9.17, 15) is 22.4 Å². The number of likely N-dealkylation sites (tertiary alicyclic amines) is 1. The molecule has 0 radical (unpaired) electrons. The summed E-state index contributed by atoms with van der Waals surface area (Å²) < 4.78 is 59.4. The van der Waals surface area contributed by atoms with Crippen LogP contribution >= 0.6 is 0 Å². The van der Waals surface area contributed by atoms with Crippen LogP contribution < -0.4 is 0 Å². The van der Waals surface area contributed by atoms with Crippen LogP contribution in [0.2, 0.25) is 0 Å². The number of carbonyl (C=O) groups excluding carboxylic acids is 1. The maximum Gasteiger partial charge on any atom is 0.260 e. The average molecular weight is 521 g/mol. The zero-order chi connectivity index (χ0) is 26.4. The van der Waals surface area contributed by atoms with E-state index >= 15 is 0 Å². The number of carbonyl (C=O) groups is 1. The molecule has 38 heavy (non-hydrogen) atoms. The van der Waals surface area contributed by atoms with Gasteiger partial charge in [-0.2, -0.15) is 0 Å². The van der Waals surface area contributed by atoms with Crippen molar-refractivity contribution in [1.29, 1.82) is 0 Å². The Morgan fingerprint density at radius 3 is 2.71 bits per heavy atom. The summed E-state index contributed by atoms with van der Waals surface area (Å²) in [5, 5.41) is 0. The van der Waals surface area contributed by atoms with Gasteiger partial charge in [0.05, 0.1) is 18.8 Å². The number of rotatable bonds is 6. The predicted molar refractivity (Wildman–Crippen MR) is 135 cm³/mol. The molecule has 6 rings (SSSR count). The molecular weight excluding hydrogens is 496 g/mol. The van der Waals surface area contributed by atoms with Crippen LogP contribution in [0.4, 0.5) is 17.6 Å². The third kappa shape index (κ3) is 4.74. The number of nitrogens with zero attached hydrogens (tertiary/aromatic N) is 4. The summed E-state index contributed by atoms with van der Waals surface area (Å²) in [4.78, 5) is 23.5. The highest BCUT2D eigenvalue weighted by Crippen LogP contribution is 2.34. The Kier molecular flexibility index (Phi) is 6.10. The lowest BCUT2D eigenvalue weighted by Gasteiger charge is -2.37. The van der Waals surface area contributed by atoms with Gasteiger partial charge in [-0.25, -0.2) is 22.5 Å². The standard InChI is InChI=1S/C29H24F4N4O/c30-24-2-1-3-25(31)23(24)16-36-14-18(12-29(32,33)17-36)10-26(38)19-4-5-20-13-35-28(22(20)11-19)21-6-7-27-34-8-9-37(27)15-21/h1-9,11,15,18H,10,12-14,16-17H2/t18-/m1/s1. The van der Waals surface area contributed by atoms with Crippen molar-refractivity contribution >= 4 is 17.1 Å². The fourth-order valence-electron chi connectivity index (χ4n) is 5.52. The molecule has 194 valence electrons. The van der Waals surface area contributed by atoms with E-state index in [1.165, 1.54) is 11.0 Å².